The van der Waals surface area contributed by atoms with Crippen molar-refractivity contribution in [2.24, 2.45) is 0 Å². The van der Waals surface area contributed by atoms with Crippen LogP contribution < -0.4 is 0 Å². The van der Waals surface area contributed by atoms with E-state index in [0.29, 0.717) is 17.2 Å². The Kier molecular flexibility index (Phi) is 3.25. The van der Waals surface area contributed by atoms with Crippen molar-refractivity contribution in [1.82, 2.24) is 4.98 Å². The SMILES string of the molecule is FC(F)(F)c1ccc(-c2cnc(-c3ccccc3)o2)cc1. The molecule has 0 spiro atoms. The minimum atomic E-state index is -4.34. The second-order valence-corrected chi connectivity index (χ2v) is 4.47. The summed E-state index contributed by atoms with van der Waals surface area (Å²) in [6.45, 7) is 0. The molecule has 5 heteroatoms. The van der Waals surface area contributed by atoms with Crippen LogP contribution in [0.25, 0.3) is 22.8 Å². The lowest BCUT2D eigenvalue weighted by molar-refractivity contribution is -0.137. The number of oxazole rings is 1. The van der Waals surface area contributed by atoms with E-state index in [4.69, 9.17) is 4.42 Å². The molecular formula is C16H10F3NO. The summed E-state index contributed by atoms with van der Waals surface area (Å²) >= 11 is 0. The fourth-order valence-corrected chi connectivity index (χ4v) is 1.95. The highest BCUT2D eigenvalue weighted by molar-refractivity contribution is 5.61. The highest BCUT2D eigenvalue weighted by atomic mass is 19.4. The molecular weight excluding hydrogens is 279 g/mol. The minimum Gasteiger partial charge on any atom is -0.436 e. The van der Waals surface area contributed by atoms with Gasteiger partial charge in [0.2, 0.25) is 5.89 Å². The number of hydrogen-bond donors (Lipinski definition) is 0. The van der Waals surface area contributed by atoms with Crippen LogP contribution in [0.15, 0.2) is 65.2 Å². The van der Waals surface area contributed by atoms with Crippen LogP contribution in [0.1, 0.15) is 5.56 Å². The zero-order valence-electron chi connectivity index (χ0n) is 10.8. The topological polar surface area (TPSA) is 26.0 Å². The fraction of sp³-hybridized carbons (Fsp3) is 0.0625. The number of nitrogens with zero attached hydrogens (tertiary/aromatic N) is 1. The quantitative estimate of drug-likeness (QED) is 0.661. The molecule has 21 heavy (non-hydrogen) atoms. The molecule has 106 valence electrons. The molecule has 0 aliphatic rings. The molecule has 0 saturated heterocycles. The lowest BCUT2D eigenvalue weighted by atomic mass is 10.1. The number of rotatable bonds is 2. The maximum Gasteiger partial charge on any atom is 0.416 e. The van der Waals surface area contributed by atoms with E-state index in [9.17, 15) is 13.2 Å². The Morgan fingerprint density at radius 3 is 2.10 bits per heavy atom. The van der Waals surface area contributed by atoms with E-state index in [1.165, 1.54) is 18.3 Å². The maximum absolute atomic E-state index is 12.5. The predicted molar refractivity (Wildman–Crippen MR) is 72.4 cm³/mol. The first-order valence-electron chi connectivity index (χ1n) is 6.23. The number of hydrogen-bond acceptors (Lipinski definition) is 2. The van der Waals surface area contributed by atoms with Crippen molar-refractivity contribution in [2.45, 2.75) is 6.18 Å². The van der Waals surface area contributed by atoms with Gasteiger partial charge in [-0.3, -0.25) is 0 Å². The molecule has 0 radical (unpaired) electrons. The van der Waals surface area contributed by atoms with Crippen molar-refractivity contribution in [3.05, 3.63) is 66.4 Å². The van der Waals surface area contributed by atoms with Crippen molar-refractivity contribution in [2.75, 3.05) is 0 Å². The van der Waals surface area contributed by atoms with Gasteiger partial charge in [-0.1, -0.05) is 30.3 Å². The van der Waals surface area contributed by atoms with E-state index in [1.807, 2.05) is 30.3 Å². The molecule has 2 aromatic carbocycles. The average molecular weight is 289 g/mol. The van der Waals surface area contributed by atoms with Crippen molar-refractivity contribution in [3.63, 3.8) is 0 Å². The Labute approximate surface area is 118 Å². The van der Waals surface area contributed by atoms with Crippen LogP contribution in [0, 0.1) is 0 Å². The average Bonchev–Trinajstić information content (AvgIpc) is 2.97. The van der Waals surface area contributed by atoms with E-state index in [-0.39, 0.29) is 0 Å². The molecule has 0 aliphatic heterocycles. The van der Waals surface area contributed by atoms with Crippen LogP contribution in [-0.2, 0) is 6.18 Å². The summed E-state index contributed by atoms with van der Waals surface area (Å²) in [6, 6.07) is 14.1. The van der Waals surface area contributed by atoms with Crippen LogP contribution in [0.4, 0.5) is 13.2 Å². The zero-order chi connectivity index (χ0) is 14.9. The van der Waals surface area contributed by atoms with E-state index in [0.717, 1.165) is 17.7 Å². The molecule has 0 bridgehead atoms. The predicted octanol–water partition coefficient (Wildman–Crippen LogP) is 5.03. The lowest BCUT2D eigenvalue weighted by Crippen LogP contribution is -2.03. The lowest BCUT2D eigenvalue weighted by Gasteiger charge is -2.06. The summed E-state index contributed by atoms with van der Waals surface area (Å²) in [4.78, 5) is 4.15. The second-order valence-electron chi connectivity index (χ2n) is 4.47. The molecule has 0 unspecified atom stereocenters. The molecule has 0 fully saturated rings. The van der Waals surface area contributed by atoms with Gasteiger partial charge in [-0.25, -0.2) is 4.98 Å². The molecule has 1 aromatic heterocycles. The number of alkyl halides is 3. The Balaban J connectivity index is 1.90. The van der Waals surface area contributed by atoms with Gasteiger partial charge in [-0.2, -0.15) is 13.2 Å². The first-order chi connectivity index (χ1) is 10.0. The summed E-state index contributed by atoms with van der Waals surface area (Å²) in [5.74, 6) is 0.869. The van der Waals surface area contributed by atoms with Crippen molar-refractivity contribution in [3.8, 4) is 22.8 Å². The zero-order valence-corrected chi connectivity index (χ0v) is 10.8. The summed E-state index contributed by atoms with van der Waals surface area (Å²) in [5.41, 5.74) is 0.683. The molecule has 0 N–H and O–H groups in total. The summed E-state index contributed by atoms with van der Waals surface area (Å²) < 4.78 is 43.1. The first kappa shape index (κ1) is 13.4. The van der Waals surface area contributed by atoms with E-state index in [1.54, 1.807) is 0 Å². The van der Waals surface area contributed by atoms with Gasteiger partial charge >= 0.3 is 6.18 Å². The van der Waals surface area contributed by atoms with E-state index >= 15 is 0 Å². The van der Waals surface area contributed by atoms with Gasteiger partial charge in [0.05, 0.1) is 11.8 Å². The van der Waals surface area contributed by atoms with Gasteiger partial charge in [0, 0.05) is 11.1 Å². The van der Waals surface area contributed by atoms with Gasteiger partial charge in [0.15, 0.2) is 5.76 Å². The third-order valence-electron chi connectivity index (χ3n) is 3.02. The van der Waals surface area contributed by atoms with E-state index in [2.05, 4.69) is 4.98 Å². The maximum atomic E-state index is 12.5. The minimum absolute atomic E-state index is 0.433. The monoisotopic (exact) mass is 289 g/mol. The van der Waals surface area contributed by atoms with Gasteiger partial charge in [0.25, 0.3) is 0 Å². The number of aromatic nitrogens is 1. The van der Waals surface area contributed by atoms with Crippen LogP contribution in [0.3, 0.4) is 0 Å². The summed E-state index contributed by atoms with van der Waals surface area (Å²) in [7, 11) is 0. The highest BCUT2D eigenvalue weighted by Crippen LogP contribution is 2.31. The Morgan fingerprint density at radius 2 is 1.48 bits per heavy atom. The molecule has 3 rings (SSSR count). The molecule has 0 saturated carbocycles. The Morgan fingerprint density at radius 1 is 0.810 bits per heavy atom. The third kappa shape index (κ3) is 2.81. The molecule has 0 amide bonds. The Bertz CT molecular complexity index is 730. The molecule has 0 atom stereocenters. The smallest absolute Gasteiger partial charge is 0.416 e. The van der Waals surface area contributed by atoms with Crippen LogP contribution in [0.2, 0.25) is 0 Å². The molecule has 3 aromatic rings. The summed E-state index contributed by atoms with van der Waals surface area (Å²) in [5, 5.41) is 0. The van der Waals surface area contributed by atoms with Crippen molar-refractivity contribution in [1.29, 1.82) is 0 Å². The summed E-state index contributed by atoms with van der Waals surface area (Å²) in [6.07, 6.45) is -2.83. The highest BCUT2D eigenvalue weighted by Gasteiger charge is 2.30. The van der Waals surface area contributed by atoms with Crippen LogP contribution in [0.5, 0.6) is 0 Å². The van der Waals surface area contributed by atoms with Gasteiger partial charge in [0.1, 0.15) is 0 Å². The standard InChI is InChI=1S/C16H10F3NO/c17-16(18,19)13-8-6-11(7-9-13)14-10-20-15(21-14)12-4-2-1-3-5-12/h1-10H. The second kappa shape index (κ2) is 5.09. The normalized spacial score (nSPS) is 11.6. The molecule has 1 heterocycles. The van der Waals surface area contributed by atoms with Gasteiger partial charge in [-0.15, -0.1) is 0 Å². The Hall–Kier alpha value is -2.56. The molecule has 0 aliphatic carbocycles. The number of benzene rings is 2. The molecule has 2 nitrogen and oxygen atoms in total. The van der Waals surface area contributed by atoms with Gasteiger partial charge < -0.3 is 4.42 Å². The largest absolute Gasteiger partial charge is 0.436 e. The van der Waals surface area contributed by atoms with Gasteiger partial charge in [-0.05, 0) is 24.3 Å². The number of halogens is 3. The van der Waals surface area contributed by atoms with Crippen molar-refractivity contribution < 1.29 is 17.6 Å². The van der Waals surface area contributed by atoms with E-state index < -0.39 is 11.7 Å². The van der Waals surface area contributed by atoms with Crippen LogP contribution in [-0.4, -0.2) is 4.98 Å². The van der Waals surface area contributed by atoms with Crippen molar-refractivity contribution >= 4 is 0 Å². The first-order valence-corrected chi connectivity index (χ1v) is 6.23. The third-order valence-corrected chi connectivity index (χ3v) is 3.02. The van der Waals surface area contributed by atoms with Crippen LogP contribution >= 0.6 is 0 Å². The fourth-order valence-electron chi connectivity index (χ4n) is 1.95.